The van der Waals surface area contributed by atoms with E-state index in [4.69, 9.17) is 4.74 Å². The summed E-state index contributed by atoms with van der Waals surface area (Å²) < 4.78 is 5.81. The van der Waals surface area contributed by atoms with Gasteiger partial charge in [-0.3, -0.25) is 4.98 Å². The summed E-state index contributed by atoms with van der Waals surface area (Å²) in [6, 6.07) is 27.2. The van der Waals surface area contributed by atoms with Crippen molar-refractivity contribution in [1.82, 2.24) is 9.88 Å². The summed E-state index contributed by atoms with van der Waals surface area (Å²) >= 11 is 0. The van der Waals surface area contributed by atoms with Crippen molar-refractivity contribution in [3.8, 4) is 11.5 Å². The largest absolute Gasteiger partial charge is 0.457 e. The fourth-order valence-corrected chi connectivity index (χ4v) is 3.94. The fourth-order valence-electron chi connectivity index (χ4n) is 3.94. The first-order chi connectivity index (χ1) is 15.8. The lowest BCUT2D eigenvalue weighted by Gasteiger charge is -2.36. The number of aromatic nitrogens is 1. The number of pyridine rings is 1. The molecule has 1 N–H and O–H groups in total. The number of piperazine rings is 1. The summed E-state index contributed by atoms with van der Waals surface area (Å²) in [5, 5.41) is 4.13. The van der Waals surface area contributed by atoms with Gasteiger partial charge in [0.05, 0.1) is 5.52 Å². The number of nitrogens with one attached hydrogen (secondary N) is 1. The van der Waals surface area contributed by atoms with Gasteiger partial charge in [0.25, 0.3) is 0 Å². The summed E-state index contributed by atoms with van der Waals surface area (Å²) in [4.78, 5) is 21.4. The first-order valence-electron chi connectivity index (χ1n) is 10.7. The predicted octanol–water partition coefficient (Wildman–Crippen LogP) is 5.38. The van der Waals surface area contributed by atoms with E-state index in [9.17, 15) is 4.79 Å². The van der Waals surface area contributed by atoms with Gasteiger partial charge in [-0.1, -0.05) is 36.4 Å². The van der Waals surface area contributed by atoms with Gasteiger partial charge in [0.2, 0.25) is 0 Å². The molecule has 0 spiro atoms. The van der Waals surface area contributed by atoms with E-state index in [0.29, 0.717) is 13.1 Å². The topological polar surface area (TPSA) is 57.7 Å². The Morgan fingerprint density at radius 1 is 0.781 bits per heavy atom. The van der Waals surface area contributed by atoms with Crippen molar-refractivity contribution < 1.29 is 9.53 Å². The predicted molar refractivity (Wildman–Crippen MR) is 128 cm³/mol. The van der Waals surface area contributed by atoms with E-state index in [1.807, 2.05) is 83.9 Å². The number of carbonyl (C=O) groups is 1. The monoisotopic (exact) mass is 424 g/mol. The summed E-state index contributed by atoms with van der Waals surface area (Å²) in [6.45, 7) is 2.89. The van der Waals surface area contributed by atoms with Crippen LogP contribution in [0.15, 0.2) is 91.1 Å². The van der Waals surface area contributed by atoms with Crippen LogP contribution in [0, 0.1) is 0 Å². The van der Waals surface area contributed by atoms with Crippen molar-refractivity contribution in [2.75, 3.05) is 36.4 Å². The number of rotatable bonds is 4. The maximum absolute atomic E-state index is 12.8. The summed E-state index contributed by atoms with van der Waals surface area (Å²) in [5.74, 6) is 1.51. The van der Waals surface area contributed by atoms with Gasteiger partial charge in [-0.2, -0.15) is 0 Å². The number of amides is 2. The maximum atomic E-state index is 12.8. The third kappa shape index (κ3) is 4.34. The molecule has 3 aromatic carbocycles. The molecule has 1 aliphatic heterocycles. The SMILES string of the molecule is O=C(Nc1ccc(Oc2ccccc2)cc1)N1CCN(c2ccnc3ccccc23)CC1. The zero-order valence-corrected chi connectivity index (χ0v) is 17.6. The van der Waals surface area contributed by atoms with Gasteiger partial charge >= 0.3 is 6.03 Å². The molecule has 6 heteroatoms. The molecule has 0 radical (unpaired) electrons. The van der Waals surface area contributed by atoms with Crippen LogP contribution in [0.3, 0.4) is 0 Å². The molecule has 0 unspecified atom stereocenters. The van der Waals surface area contributed by atoms with Crippen LogP contribution in [0.4, 0.5) is 16.2 Å². The Kier molecular flexibility index (Phi) is 5.58. The number of para-hydroxylation sites is 2. The zero-order chi connectivity index (χ0) is 21.8. The van der Waals surface area contributed by atoms with Crippen LogP contribution >= 0.6 is 0 Å². The highest BCUT2D eigenvalue weighted by atomic mass is 16.5. The van der Waals surface area contributed by atoms with Gasteiger partial charge in [0.15, 0.2) is 0 Å². The number of hydrogen-bond donors (Lipinski definition) is 1. The van der Waals surface area contributed by atoms with E-state index >= 15 is 0 Å². The van der Waals surface area contributed by atoms with E-state index < -0.39 is 0 Å². The van der Waals surface area contributed by atoms with Gasteiger partial charge in [-0.15, -0.1) is 0 Å². The van der Waals surface area contributed by atoms with Gasteiger partial charge < -0.3 is 19.9 Å². The summed E-state index contributed by atoms with van der Waals surface area (Å²) in [7, 11) is 0. The molecule has 0 aliphatic carbocycles. The van der Waals surface area contributed by atoms with Crippen molar-refractivity contribution in [2.45, 2.75) is 0 Å². The minimum absolute atomic E-state index is 0.0824. The number of benzene rings is 3. The average molecular weight is 425 g/mol. The normalized spacial score (nSPS) is 13.8. The van der Waals surface area contributed by atoms with Crippen molar-refractivity contribution >= 4 is 28.3 Å². The second kappa shape index (κ2) is 8.98. The Balaban J connectivity index is 1.18. The fraction of sp³-hybridized carbons (Fsp3) is 0.154. The molecule has 2 amide bonds. The Labute approximate surface area is 187 Å². The number of ether oxygens (including phenoxy) is 1. The number of anilines is 2. The van der Waals surface area contributed by atoms with Crippen LogP contribution in [0.1, 0.15) is 0 Å². The highest BCUT2D eigenvalue weighted by molar-refractivity contribution is 5.92. The quantitative estimate of drug-likeness (QED) is 0.478. The molecule has 4 aromatic rings. The Morgan fingerprint density at radius 3 is 2.25 bits per heavy atom. The second-order valence-corrected chi connectivity index (χ2v) is 7.69. The third-order valence-electron chi connectivity index (χ3n) is 5.62. The summed E-state index contributed by atoms with van der Waals surface area (Å²) in [6.07, 6.45) is 1.85. The molecule has 0 atom stereocenters. The molecule has 0 bridgehead atoms. The molecule has 32 heavy (non-hydrogen) atoms. The van der Waals surface area contributed by atoms with E-state index in [2.05, 4.69) is 27.3 Å². The molecule has 2 heterocycles. The molecule has 5 rings (SSSR count). The smallest absolute Gasteiger partial charge is 0.321 e. The van der Waals surface area contributed by atoms with Crippen LogP contribution < -0.4 is 15.0 Å². The lowest BCUT2D eigenvalue weighted by Crippen LogP contribution is -2.50. The highest BCUT2D eigenvalue weighted by Crippen LogP contribution is 2.26. The lowest BCUT2D eigenvalue weighted by molar-refractivity contribution is 0.208. The second-order valence-electron chi connectivity index (χ2n) is 7.69. The third-order valence-corrected chi connectivity index (χ3v) is 5.62. The number of carbonyl (C=O) groups excluding carboxylic acids is 1. The van der Waals surface area contributed by atoms with E-state index in [-0.39, 0.29) is 6.03 Å². The van der Waals surface area contributed by atoms with Gasteiger partial charge in [0.1, 0.15) is 11.5 Å². The zero-order valence-electron chi connectivity index (χ0n) is 17.6. The molecule has 1 aliphatic rings. The van der Waals surface area contributed by atoms with Crippen LogP contribution in [-0.4, -0.2) is 42.1 Å². The molecular formula is C26H24N4O2. The lowest BCUT2D eigenvalue weighted by atomic mass is 10.1. The molecule has 160 valence electrons. The Hall–Kier alpha value is -4.06. The maximum Gasteiger partial charge on any atom is 0.321 e. The molecule has 1 saturated heterocycles. The number of urea groups is 1. The van der Waals surface area contributed by atoms with Crippen molar-refractivity contribution in [2.24, 2.45) is 0 Å². The summed E-state index contributed by atoms with van der Waals surface area (Å²) in [5.41, 5.74) is 2.91. The van der Waals surface area contributed by atoms with Crippen molar-refractivity contribution in [1.29, 1.82) is 0 Å². The minimum atomic E-state index is -0.0824. The van der Waals surface area contributed by atoms with Crippen LogP contribution in [0.5, 0.6) is 11.5 Å². The van der Waals surface area contributed by atoms with Gasteiger partial charge in [0, 0.05) is 49.1 Å². The Morgan fingerprint density at radius 2 is 1.47 bits per heavy atom. The average Bonchev–Trinajstić information content (AvgIpc) is 2.86. The highest BCUT2D eigenvalue weighted by Gasteiger charge is 2.22. The number of hydrogen-bond acceptors (Lipinski definition) is 4. The van der Waals surface area contributed by atoms with Crippen LogP contribution in [-0.2, 0) is 0 Å². The van der Waals surface area contributed by atoms with Gasteiger partial charge in [-0.05, 0) is 48.5 Å². The number of nitrogens with zero attached hydrogens (tertiary/aromatic N) is 3. The minimum Gasteiger partial charge on any atom is -0.457 e. The molecule has 0 saturated carbocycles. The van der Waals surface area contributed by atoms with Crippen molar-refractivity contribution in [3.05, 3.63) is 91.1 Å². The standard InChI is InChI=1S/C26H24N4O2/c31-26(28-20-10-12-22(13-11-20)32-21-6-2-1-3-7-21)30-18-16-29(17-19-30)25-14-15-27-24-9-5-4-8-23(24)25/h1-15H,16-19H2,(H,28,31). The van der Waals surface area contributed by atoms with Crippen LogP contribution in [0.25, 0.3) is 10.9 Å². The molecule has 1 aromatic heterocycles. The van der Waals surface area contributed by atoms with Gasteiger partial charge in [-0.25, -0.2) is 4.79 Å². The van der Waals surface area contributed by atoms with Crippen molar-refractivity contribution in [3.63, 3.8) is 0 Å². The van der Waals surface area contributed by atoms with Crippen LogP contribution in [0.2, 0.25) is 0 Å². The van der Waals surface area contributed by atoms with E-state index in [0.717, 1.165) is 41.2 Å². The number of fused-ring (bicyclic) bond motifs is 1. The first-order valence-corrected chi connectivity index (χ1v) is 10.7. The Bertz CT molecular complexity index is 1200. The molecule has 1 fully saturated rings. The molecule has 6 nitrogen and oxygen atoms in total. The first kappa shape index (κ1) is 19.9. The van der Waals surface area contributed by atoms with E-state index in [1.54, 1.807) is 0 Å². The molecular weight excluding hydrogens is 400 g/mol. The van der Waals surface area contributed by atoms with E-state index in [1.165, 1.54) is 5.69 Å².